The number of carbonyl (C=O) groups excluding carboxylic acids is 1. The SMILES string of the molecule is O=C(NCc1n[nH]c2c1CCC2)c1ncc2cc(Br)ccc2n1. The topological polar surface area (TPSA) is 83.6 Å². The summed E-state index contributed by atoms with van der Waals surface area (Å²) in [5, 5.41) is 11.1. The monoisotopic (exact) mass is 371 g/mol. The lowest BCUT2D eigenvalue weighted by molar-refractivity contribution is 0.0940. The summed E-state index contributed by atoms with van der Waals surface area (Å²) in [4.78, 5) is 20.7. The molecule has 0 fully saturated rings. The largest absolute Gasteiger partial charge is 0.344 e. The van der Waals surface area contributed by atoms with Crippen LogP contribution in [0.25, 0.3) is 10.9 Å². The molecule has 0 saturated carbocycles. The minimum atomic E-state index is -0.287. The predicted molar refractivity (Wildman–Crippen MR) is 89.0 cm³/mol. The fourth-order valence-corrected chi connectivity index (χ4v) is 3.27. The van der Waals surface area contributed by atoms with E-state index in [1.54, 1.807) is 6.20 Å². The van der Waals surface area contributed by atoms with Crippen molar-refractivity contribution in [2.45, 2.75) is 25.8 Å². The van der Waals surface area contributed by atoms with Gasteiger partial charge in [-0.2, -0.15) is 5.10 Å². The molecule has 0 radical (unpaired) electrons. The third kappa shape index (κ3) is 2.72. The Bertz CT molecular complexity index is 905. The van der Waals surface area contributed by atoms with Crippen molar-refractivity contribution in [1.82, 2.24) is 25.5 Å². The van der Waals surface area contributed by atoms with E-state index >= 15 is 0 Å². The second-order valence-electron chi connectivity index (χ2n) is 5.56. The van der Waals surface area contributed by atoms with Crippen LogP contribution in [0.1, 0.15) is 34.0 Å². The Hall–Kier alpha value is -2.28. The Balaban J connectivity index is 1.51. The summed E-state index contributed by atoms with van der Waals surface area (Å²) >= 11 is 3.41. The van der Waals surface area contributed by atoms with Crippen molar-refractivity contribution in [3.8, 4) is 0 Å². The van der Waals surface area contributed by atoms with E-state index in [1.165, 1.54) is 11.3 Å². The molecular formula is C16H14BrN5O. The van der Waals surface area contributed by atoms with Gasteiger partial charge in [0.15, 0.2) is 0 Å². The van der Waals surface area contributed by atoms with Crippen LogP contribution in [0.4, 0.5) is 0 Å². The number of benzene rings is 1. The lowest BCUT2D eigenvalue weighted by Crippen LogP contribution is -2.25. The number of nitrogens with zero attached hydrogens (tertiary/aromatic N) is 3. The summed E-state index contributed by atoms with van der Waals surface area (Å²) in [6.45, 7) is 0.395. The third-order valence-corrected chi connectivity index (χ3v) is 4.55. The van der Waals surface area contributed by atoms with Gasteiger partial charge < -0.3 is 5.32 Å². The minimum Gasteiger partial charge on any atom is -0.344 e. The van der Waals surface area contributed by atoms with Crippen LogP contribution in [0.5, 0.6) is 0 Å². The smallest absolute Gasteiger partial charge is 0.289 e. The molecule has 2 heterocycles. The number of carbonyl (C=O) groups is 1. The maximum absolute atomic E-state index is 12.3. The summed E-state index contributed by atoms with van der Waals surface area (Å²) in [6.07, 6.45) is 4.88. The van der Waals surface area contributed by atoms with Gasteiger partial charge in [-0.1, -0.05) is 15.9 Å². The van der Waals surface area contributed by atoms with Gasteiger partial charge in [0, 0.05) is 21.7 Å². The highest BCUT2D eigenvalue weighted by molar-refractivity contribution is 9.10. The number of nitrogens with one attached hydrogen (secondary N) is 2. The molecule has 7 heteroatoms. The van der Waals surface area contributed by atoms with E-state index in [0.29, 0.717) is 6.54 Å². The number of hydrogen-bond donors (Lipinski definition) is 2. The normalized spacial score (nSPS) is 13.3. The molecule has 1 aromatic carbocycles. The van der Waals surface area contributed by atoms with E-state index in [1.807, 2.05) is 18.2 Å². The predicted octanol–water partition coefficient (Wildman–Crippen LogP) is 2.53. The molecule has 0 spiro atoms. The van der Waals surface area contributed by atoms with Crippen LogP contribution >= 0.6 is 15.9 Å². The molecular weight excluding hydrogens is 358 g/mol. The zero-order chi connectivity index (χ0) is 15.8. The Kier molecular flexibility index (Phi) is 3.57. The summed E-state index contributed by atoms with van der Waals surface area (Å²) < 4.78 is 0.957. The molecule has 1 aliphatic rings. The lowest BCUT2D eigenvalue weighted by Gasteiger charge is -2.05. The van der Waals surface area contributed by atoms with E-state index in [9.17, 15) is 4.79 Å². The van der Waals surface area contributed by atoms with E-state index in [-0.39, 0.29) is 11.7 Å². The Morgan fingerprint density at radius 3 is 3.17 bits per heavy atom. The Morgan fingerprint density at radius 1 is 1.35 bits per heavy atom. The molecule has 0 bridgehead atoms. The van der Waals surface area contributed by atoms with E-state index in [0.717, 1.165) is 40.3 Å². The number of halogens is 1. The minimum absolute atomic E-state index is 0.173. The fraction of sp³-hybridized carbons (Fsp3) is 0.250. The fourth-order valence-electron chi connectivity index (χ4n) is 2.89. The zero-order valence-electron chi connectivity index (χ0n) is 12.3. The van der Waals surface area contributed by atoms with Crippen LogP contribution in [0.15, 0.2) is 28.9 Å². The number of rotatable bonds is 3. The molecule has 6 nitrogen and oxygen atoms in total. The first-order valence-corrected chi connectivity index (χ1v) is 8.25. The van der Waals surface area contributed by atoms with Gasteiger partial charge in [-0.25, -0.2) is 9.97 Å². The first-order chi connectivity index (χ1) is 11.2. The van der Waals surface area contributed by atoms with Crippen molar-refractivity contribution < 1.29 is 4.79 Å². The first kappa shape index (κ1) is 14.3. The van der Waals surface area contributed by atoms with Gasteiger partial charge in [0.1, 0.15) is 0 Å². The molecule has 2 aromatic heterocycles. The van der Waals surface area contributed by atoms with Crippen molar-refractivity contribution in [2.24, 2.45) is 0 Å². The highest BCUT2D eigenvalue weighted by atomic mass is 79.9. The first-order valence-electron chi connectivity index (χ1n) is 7.46. The van der Waals surface area contributed by atoms with Gasteiger partial charge in [-0.15, -0.1) is 0 Å². The average molecular weight is 372 g/mol. The van der Waals surface area contributed by atoms with Crippen molar-refractivity contribution in [2.75, 3.05) is 0 Å². The third-order valence-electron chi connectivity index (χ3n) is 4.05. The van der Waals surface area contributed by atoms with Gasteiger partial charge in [0.2, 0.25) is 5.82 Å². The van der Waals surface area contributed by atoms with Crippen LogP contribution in [-0.2, 0) is 19.4 Å². The summed E-state index contributed by atoms with van der Waals surface area (Å²) in [5.41, 5.74) is 4.10. The number of fused-ring (bicyclic) bond motifs is 2. The Morgan fingerprint density at radius 2 is 2.26 bits per heavy atom. The Labute approximate surface area is 140 Å². The maximum atomic E-state index is 12.3. The molecule has 1 amide bonds. The van der Waals surface area contributed by atoms with Gasteiger partial charge in [-0.3, -0.25) is 9.89 Å². The van der Waals surface area contributed by atoms with Crippen molar-refractivity contribution >= 4 is 32.7 Å². The highest BCUT2D eigenvalue weighted by Crippen LogP contribution is 2.22. The molecule has 0 unspecified atom stereocenters. The van der Waals surface area contributed by atoms with E-state index in [4.69, 9.17) is 0 Å². The molecule has 0 saturated heterocycles. The van der Waals surface area contributed by atoms with Gasteiger partial charge in [0.05, 0.1) is 17.8 Å². The standard InChI is InChI=1S/C16H14BrN5O/c17-10-4-5-12-9(6-10)7-18-15(20-12)16(23)19-8-14-11-2-1-3-13(11)21-22-14/h4-7H,1-3,8H2,(H,19,23)(H,21,22). The lowest BCUT2D eigenvalue weighted by atomic mass is 10.2. The molecule has 23 heavy (non-hydrogen) atoms. The summed E-state index contributed by atoms with van der Waals surface area (Å²) in [7, 11) is 0. The van der Waals surface area contributed by atoms with Crippen LogP contribution in [-0.4, -0.2) is 26.1 Å². The number of amides is 1. The second kappa shape index (κ2) is 5.73. The van der Waals surface area contributed by atoms with Crippen LogP contribution in [0, 0.1) is 0 Å². The number of H-pyrrole nitrogens is 1. The molecule has 1 aliphatic carbocycles. The van der Waals surface area contributed by atoms with E-state index in [2.05, 4.69) is 41.4 Å². The van der Waals surface area contributed by atoms with Crippen molar-refractivity contribution in [1.29, 1.82) is 0 Å². The number of aryl methyl sites for hydroxylation is 1. The van der Waals surface area contributed by atoms with Crippen LogP contribution < -0.4 is 5.32 Å². The number of aromatic nitrogens is 4. The number of hydrogen-bond acceptors (Lipinski definition) is 4. The van der Waals surface area contributed by atoms with Gasteiger partial charge >= 0.3 is 0 Å². The van der Waals surface area contributed by atoms with Gasteiger partial charge in [-0.05, 0) is 43.0 Å². The van der Waals surface area contributed by atoms with E-state index < -0.39 is 0 Å². The average Bonchev–Trinajstić information content (AvgIpc) is 3.16. The summed E-state index contributed by atoms with van der Waals surface area (Å²) in [5.74, 6) is -0.114. The van der Waals surface area contributed by atoms with Crippen molar-refractivity contribution in [3.63, 3.8) is 0 Å². The molecule has 0 atom stereocenters. The summed E-state index contributed by atoms with van der Waals surface area (Å²) in [6, 6.07) is 5.67. The van der Waals surface area contributed by atoms with Crippen LogP contribution in [0.3, 0.4) is 0 Å². The molecule has 116 valence electrons. The molecule has 3 aromatic rings. The quantitative estimate of drug-likeness (QED) is 0.740. The van der Waals surface area contributed by atoms with Crippen LogP contribution in [0.2, 0.25) is 0 Å². The van der Waals surface area contributed by atoms with Gasteiger partial charge in [0.25, 0.3) is 5.91 Å². The molecule has 2 N–H and O–H groups in total. The van der Waals surface area contributed by atoms with Crippen molar-refractivity contribution in [3.05, 3.63) is 51.6 Å². The number of aromatic amines is 1. The second-order valence-corrected chi connectivity index (χ2v) is 6.48. The molecule has 4 rings (SSSR count). The highest BCUT2D eigenvalue weighted by Gasteiger charge is 2.19. The maximum Gasteiger partial charge on any atom is 0.289 e. The zero-order valence-corrected chi connectivity index (χ0v) is 13.9. The molecule has 0 aliphatic heterocycles.